The number of sulfone groups is 1. The van der Waals surface area contributed by atoms with Crippen LogP contribution < -0.4 is 5.32 Å². The second-order valence-electron chi connectivity index (χ2n) is 6.56. The molecule has 2 amide bonds. The summed E-state index contributed by atoms with van der Waals surface area (Å²) in [5.74, 6) is 0.886. The molecule has 0 radical (unpaired) electrons. The minimum absolute atomic E-state index is 0.174. The molecule has 0 aliphatic carbocycles. The summed E-state index contributed by atoms with van der Waals surface area (Å²) < 4.78 is 28.8. The first kappa shape index (κ1) is 17.0. The molecule has 1 unspecified atom stereocenters. The maximum Gasteiger partial charge on any atom is 0.323 e. The largest absolute Gasteiger partial charge is 0.353 e. The highest BCUT2D eigenvalue weighted by Crippen LogP contribution is 2.33. The highest BCUT2D eigenvalue weighted by Gasteiger charge is 2.45. The molecule has 1 aliphatic heterocycles. The number of nitrogens with one attached hydrogen (secondary N) is 1. The van der Waals surface area contributed by atoms with Crippen LogP contribution in [0.25, 0.3) is 10.6 Å². The van der Waals surface area contributed by atoms with Gasteiger partial charge in [-0.15, -0.1) is 11.3 Å². The van der Waals surface area contributed by atoms with Crippen LogP contribution in [-0.2, 0) is 9.84 Å². The maximum absolute atomic E-state index is 12.5. The summed E-state index contributed by atoms with van der Waals surface area (Å²) in [5.41, 5.74) is -0.544. The topological polar surface area (TPSA) is 92.5 Å². The zero-order chi connectivity index (χ0) is 17.5. The van der Waals surface area contributed by atoms with Gasteiger partial charge in [-0.2, -0.15) is 0 Å². The van der Waals surface area contributed by atoms with E-state index >= 15 is 0 Å². The van der Waals surface area contributed by atoms with Crippen LogP contribution in [0.2, 0.25) is 0 Å². The Morgan fingerprint density at radius 1 is 1.50 bits per heavy atom. The summed E-state index contributed by atoms with van der Waals surface area (Å²) in [6, 6.07) is 5.08. The minimum Gasteiger partial charge on any atom is -0.353 e. The number of urea groups is 1. The maximum atomic E-state index is 12.5. The molecule has 3 heterocycles. The fourth-order valence-electron chi connectivity index (χ4n) is 2.87. The number of anilines is 1. The van der Waals surface area contributed by atoms with Gasteiger partial charge in [-0.1, -0.05) is 11.2 Å². The van der Waals surface area contributed by atoms with Crippen LogP contribution in [0.5, 0.6) is 0 Å². The SMILES string of the molecule is CC1(C)CC(S(C)(=O)=O)CN1C(=O)Nc1cc(-c2cccs2)on1. The molecule has 1 saturated heterocycles. The van der Waals surface area contributed by atoms with Crippen molar-refractivity contribution in [3.8, 4) is 10.6 Å². The van der Waals surface area contributed by atoms with Crippen molar-refractivity contribution in [3.63, 3.8) is 0 Å². The standard InChI is InChI=1S/C15H19N3O4S2/c1-15(2)8-10(24(3,20)21)9-18(15)14(19)16-13-7-11(22-17-13)12-5-4-6-23-12/h4-7,10H,8-9H2,1-3H3,(H,16,17,19). The Bertz CT molecular complexity index is 840. The van der Waals surface area contributed by atoms with Crippen LogP contribution in [0.15, 0.2) is 28.1 Å². The van der Waals surface area contributed by atoms with Crippen molar-refractivity contribution in [2.45, 2.75) is 31.1 Å². The van der Waals surface area contributed by atoms with Gasteiger partial charge in [-0.05, 0) is 31.7 Å². The summed E-state index contributed by atoms with van der Waals surface area (Å²) in [7, 11) is -3.19. The molecular formula is C15H19N3O4S2. The number of amides is 2. The molecule has 2 aromatic rings. The van der Waals surface area contributed by atoms with Gasteiger partial charge < -0.3 is 9.42 Å². The zero-order valence-corrected chi connectivity index (χ0v) is 15.3. The first-order valence-electron chi connectivity index (χ1n) is 7.45. The zero-order valence-electron chi connectivity index (χ0n) is 13.6. The van der Waals surface area contributed by atoms with Gasteiger partial charge in [0.1, 0.15) is 0 Å². The van der Waals surface area contributed by atoms with Crippen molar-refractivity contribution < 1.29 is 17.7 Å². The number of hydrogen-bond acceptors (Lipinski definition) is 6. The minimum atomic E-state index is -3.19. The fourth-order valence-corrected chi connectivity index (χ4v) is 4.68. The number of carbonyl (C=O) groups is 1. The summed E-state index contributed by atoms with van der Waals surface area (Å²) in [6.45, 7) is 3.89. The molecule has 0 saturated carbocycles. The molecule has 130 valence electrons. The van der Waals surface area contributed by atoms with E-state index in [1.165, 1.54) is 22.5 Å². The van der Waals surface area contributed by atoms with Gasteiger partial charge in [0.25, 0.3) is 0 Å². The summed E-state index contributed by atoms with van der Waals surface area (Å²) in [4.78, 5) is 15.0. The van der Waals surface area contributed by atoms with E-state index in [-0.39, 0.29) is 12.6 Å². The summed E-state index contributed by atoms with van der Waals surface area (Å²) >= 11 is 1.51. The molecule has 1 atom stereocenters. The molecule has 1 aliphatic rings. The van der Waals surface area contributed by atoms with Crippen molar-refractivity contribution in [1.82, 2.24) is 10.1 Å². The van der Waals surface area contributed by atoms with Gasteiger partial charge in [0.15, 0.2) is 21.4 Å². The first-order chi connectivity index (χ1) is 11.2. The fraction of sp³-hybridized carbons (Fsp3) is 0.467. The quantitative estimate of drug-likeness (QED) is 0.898. The van der Waals surface area contributed by atoms with E-state index in [0.29, 0.717) is 18.0 Å². The van der Waals surface area contributed by atoms with Crippen LogP contribution in [0.1, 0.15) is 20.3 Å². The lowest BCUT2D eigenvalue weighted by atomic mass is 10.0. The van der Waals surface area contributed by atoms with Crippen molar-refractivity contribution in [2.24, 2.45) is 0 Å². The molecule has 3 rings (SSSR count). The molecule has 0 aromatic carbocycles. The lowest BCUT2D eigenvalue weighted by Gasteiger charge is -2.30. The number of likely N-dealkylation sites (tertiary alicyclic amines) is 1. The van der Waals surface area contributed by atoms with Crippen LogP contribution in [-0.4, -0.2) is 48.1 Å². The van der Waals surface area contributed by atoms with Gasteiger partial charge >= 0.3 is 6.03 Å². The Morgan fingerprint density at radius 3 is 2.83 bits per heavy atom. The molecule has 9 heteroatoms. The highest BCUT2D eigenvalue weighted by atomic mass is 32.2. The molecule has 1 N–H and O–H groups in total. The van der Waals surface area contributed by atoms with Crippen molar-refractivity contribution >= 4 is 33.0 Å². The van der Waals surface area contributed by atoms with Crippen LogP contribution in [0.4, 0.5) is 10.6 Å². The van der Waals surface area contributed by atoms with Crippen LogP contribution in [0, 0.1) is 0 Å². The number of carbonyl (C=O) groups excluding carboxylic acids is 1. The monoisotopic (exact) mass is 369 g/mol. The third kappa shape index (κ3) is 3.32. The van der Waals surface area contributed by atoms with Gasteiger partial charge in [-0.3, -0.25) is 5.32 Å². The molecule has 0 spiro atoms. The lowest BCUT2D eigenvalue weighted by molar-refractivity contribution is 0.178. The van der Waals surface area contributed by atoms with E-state index in [0.717, 1.165) is 4.88 Å². The van der Waals surface area contributed by atoms with Crippen molar-refractivity contribution in [2.75, 3.05) is 18.1 Å². The molecule has 1 fully saturated rings. The van der Waals surface area contributed by atoms with Gasteiger partial charge in [0.2, 0.25) is 0 Å². The Labute approximate surface area is 144 Å². The predicted molar refractivity (Wildman–Crippen MR) is 92.9 cm³/mol. The first-order valence-corrected chi connectivity index (χ1v) is 10.3. The summed E-state index contributed by atoms with van der Waals surface area (Å²) in [5, 5.41) is 7.92. The second kappa shape index (κ2) is 5.89. The third-order valence-corrected chi connectivity index (χ3v) is 6.62. The number of aromatic nitrogens is 1. The average molecular weight is 369 g/mol. The molecule has 24 heavy (non-hydrogen) atoms. The Kier molecular flexibility index (Phi) is 4.16. The molecular weight excluding hydrogens is 350 g/mol. The van der Waals surface area contributed by atoms with Gasteiger partial charge in [0.05, 0.1) is 10.1 Å². The molecule has 7 nitrogen and oxygen atoms in total. The van der Waals surface area contributed by atoms with Crippen molar-refractivity contribution in [3.05, 3.63) is 23.6 Å². The van der Waals surface area contributed by atoms with E-state index in [1.807, 2.05) is 31.4 Å². The number of thiophene rings is 1. The number of hydrogen-bond donors (Lipinski definition) is 1. The average Bonchev–Trinajstić information content (AvgIpc) is 3.15. The van der Waals surface area contributed by atoms with E-state index < -0.39 is 20.6 Å². The third-order valence-electron chi connectivity index (χ3n) is 4.20. The van der Waals surface area contributed by atoms with Crippen LogP contribution in [0.3, 0.4) is 0 Å². The van der Waals surface area contributed by atoms with E-state index in [9.17, 15) is 13.2 Å². The summed E-state index contributed by atoms with van der Waals surface area (Å²) in [6.07, 6.45) is 1.62. The van der Waals surface area contributed by atoms with Crippen LogP contribution >= 0.6 is 11.3 Å². The predicted octanol–water partition coefficient (Wildman–Crippen LogP) is 2.83. The normalized spacial score (nSPS) is 20.3. The number of rotatable bonds is 3. The van der Waals surface area contributed by atoms with Gasteiger partial charge in [-0.25, -0.2) is 13.2 Å². The lowest BCUT2D eigenvalue weighted by Crippen LogP contribution is -2.45. The van der Waals surface area contributed by atoms with E-state index in [4.69, 9.17) is 4.52 Å². The van der Waals surface area contributed by atoms with Gasteiger partial charge in [0, 0.05) is 24.4 Å². The highest BCUT2D eigenvalue weighted by molar-refractivity contribution is 7.91. The molecule has 0 bridgehead atoms. The number of nitrogens with zero attached hydrogens (tertiary/aromatic N) is 2. The van der Waals surface area contributed by atoms with E-state index in [2.05, 4.69) is 10.5 Å². The smallest absolute Gasteiger partial charge is 0.323 e. The Morgan fingerprint density at radius 2 is 2.25 bits per heavy atom. The Hall–Kier alpha value is -1.87. The van der Waals surface area contributed by atoms with E-state index in [1.54, 1.807) is 6.07 Å². The van der Waals surface area contributed by atoms with Crippen molar-refractivity contribution in [1.29, 1.82) is 0 Å². The second-order valence-corrected chi connectivity index (χ2v) is 9.84. The molecule has 2 aromatic heterocycles. The Balaban J connectivity index is 1.73.